The monoisotopic (exact) mass is 680 g/mol. The van der Waals surface area contributed by atoms with Crippen molar-refractivity contribution in [3.05, 3.63) is 157 Å². The summed E-state index contributed by atoms with van der Waals surface area (Å²) in [4.78, 5) is 14.8. The number of hydrogen-bond acceptors (Lipinski definition) is 5. The summed E-state index contributed by atoms with van der Waals surface area (Å²) in [5.41, 5.74) is 3.74. The van der Waals surface area contributed by atoms with E-state index in [9.17, 15) is 4.11 Å². The molecule has 0 N–H and O–H groups in total. The molecule has 0 atom stereocenters. The third kappa shape index (κ3) is 4.24. The van der Waals surface area contributed by atoms with Gasteiger partial charge in [0.25, 0.3) is 0 Å². The lowest BCUT2D eigenvalue weighted by atomic mass is 10.0. The molecule has 0 radical (unpaired) electrons. The fraction of sp³-hybridized carbons (Fsp3) is 0. The number of nitrogens with zero attached hydrogens (tertiary/aromatic N) is 4. The van der Waals surface area contributed by atoms with E-state index in [1.165, 1.54) is 0 Å². The number of rotatable bonds is 4. The van der Waals surface area contributed by atoms with Crippen molar-refractivity contribution in [3.63, 3.8) is 0 Å². The van der Waals surface area contributed by atoms with Gasteiger partial charge in [-0.1, -0.05) is 133 Å². The molecule has 11 aromatic rings. The normalized spacial score (nSPS) is 14.7. The first-order valence-electron chi connectivity index (χ1n) is 21.1. The minimum atomic E-state index is -0.507. The van der Waals surface area contributed by atoms with Crippen LogP contribution in [0.25, 0.3) is 104 Å². The number of hydrogen-bond donors (Lipinski definition) is 0. The van der Waals surface area contributed by atoms with Crippen molar-refractivity contribution in [2.45, 2.75) is 0 Å². The van der Waals surface area contributed by atoms with E-state index in [4.69, 9.17) is 29.0 Å². The zero-order chi connectivity index (χ0) is 42.2. The van der Waals surface area contributed by atoms with Gasteiger partial charge in [0.05, 0.1) is 35.1 Å². The molecule has 0 amide bonds. The van der Waals surface area contributed by atoms with Gasteiger partial charge in [0, 0.05) is 53.7 Å². The number of para-hydroxylation sites is 2. The quantitative estimate of drug-likeness (QED) is 0.186. The second-order valence-electron chi connectivity index (χ2n) is 12.0. The highest BCUT2D eigenvalue weighted by Crippen LogP contribution is 2.45. The van der Waals surface area contributed by atoms with Crippen LogP contribution in [0.3, 0.4) is 0 Å². The molecule has 238 valence electrons. The molecule has 0 unspecified atom stereocenters. The van der Waals surface area contributed by atoms with Crippen molar-refractivity contribution in [1.29, 1.82) is 0 Å². The van der Waals surface area contributed by atoms with Gasteiger partial charge < -0.3 is 8.98 Å². The predicted octanol–water partition coefficient (Wildman–Crippen LogP) is 12.2. The van der Waals surface area contributed by atoms with Gasteiger partial charge in [0.15, 0.2) is 23.1 Å². The molecule has 4 heterocycles. The van der Waals surface area contributed by atoms with Crippen molar-refractivity contribution in [3.8, 4) is 39.9 Å². The highest BCUT2D eigenvalue weighted by molar-refractivity contribution is 7.26. The predicted molar refractivity (Wildman–Crippen MR) is 211 cm³/mol. The number of thiophene rings is 1. The van der Waals surface area contributed by atoms with Gasteiger partial charge in [-0.15, -0.1) is 11.3 Å². The number of furan rings is 1. The third-order valence-electron chi connectivity index (χ3n) is 9.15. The van der Waals surface area contributed by atoms with Crippen LogP contribution in [0.4, 0.5) is 0 Å². The Kier molecular flexibility index (Phi) is 4.32. The Labute approximate surface area is 309 Å². The first-order valence-corrected chi connectivity index (χ1v) is 17.0. The van der Waals surface area contributed by atoms with Gasteiger partial charge in [-0.2, -0.15) is 0 Å². The number of benzene rings is 7. The SMILES string of the molecule is [2H]c1c([2H])c([2H])c2c(sc3c2c([2H])c([2H])c2c4c([2H])c([2H])c([2H])c([2H])c4n(-c4cccc5c4oc4cccc(-c6nc(-c7ccccc7)nc(-c7ccccc7)n6)c45)c32)c1[2H]. The Morgan fingerprint density at radius 2 is 1.22 bits per heavy atom. The van der Waals surface area contributed by atoms with Gasteiger partial charge in [0.2, 0.25) is 0 Å². The van der Waals surface area contributed by atoms with Gasteiger partial charge >= 0.3 is 0 Å². The summed E-state index contributed by atoms with van der Waals surface area (Å²) < 4.78 is 97.9. The molecule has 0 spiro atoms. The molecule has 6 heteroatoms. The van der Waals surface area contributed by atoms with Crippen molar-refractivity contribution in [1.82, 2.24) is 19.5 Å². The van der Waals surface area contributed by atoms with E-state index in [1.54, 1.807) is 16.7 Å². The molecule has 51 heavy (non-hydrogen) atoms. The van der Waals surface area contributed by atoms with Crippen LogP contribution in [-0.2, 0) is 0 Å². The summed E-state index contributed by atoms with van der Waals surface area (Å²) >= 11 is 1.03. The van der Waals surface area contributed by atoms with Crippen LogP contribution in [0.15, 0.2) is 162 Å². The van der Waals surface area contributed by atoms with E-state index in [1.807, 2.05) is 84.9 Å². The Hall–Kier alpha value is -6.63. The summed E-state index contributed by atoms with van der Waals surface area (Å²) in [7, 11) is 0. The maximum Gasteiger partial charge on any atom is 0.164 e. The second kappa shape index (κ2) is 10.9. The summed E-state index contributed by atoms with van der Waals surface area (Å²) in [6, 6.07) is 26.2. The second-order valence-corrected chi connectivity index (χ2v) is 13.0. The number of aromatic nitrogens is 4. The molecular formula is C45H26N4OS. The highest BCUT2D eigenvalue weighted by atomic mass is 32.1. The Balaban J connectivity index is 1.28. The zero-order valence-electron chi connectivity index (χ0n) is 36.3. The first kappa shape index (κ1) is 20.1. The van der Waals surface area contributed by atoms with Crippen LogP contribution >= 0.6 is 11.3 Å². The van der Waals surface area contributed by atoms with Gasteiger partial charge in [-0.05, 0) is 24.2 Å². The average molecular weight is 681 g/mol. The van der Waals surface area contributed by atoms with Crippen LogP contribution in [0.2, 0.25) is 0 Å². The van der Waals surface area contributed by atoms with Gasteiger partial charge in [-0.3, -0.25) is 0 Å². The fourth-order valence-corrected chi connectivity index (χ4v) is 8.04. The van der Waals surface area contributed by atoms with Crippen LogP contribution in [0.1, 0.15) is 13.7 Å². The minimum Gasteiger partial charge on any atom is -0.454 e. The standard InChI is InChI=1S/C45H26N4OS/c1-3-13-27(14-4-1)43-46-44(28-15-5-2-6-16-28)48-45(47-43)34-20-12-23-37-39(34)33-19-11-22-36(41(33)50-37)49-35-21-9-7-17-29(35)31-25-26-32-30-18-8-10-24-38(30)51-42(32)40(31)49/h1-26H/i7D,8D,9D,10D,17D,18D,21D,24D,25D,26D. The largest absolute Gasteiger partial charge is 0.454 e. The maximum atomic E-state index is 9.40. The lowest BCUT2D eigenvalue weighted by Gasteiger charge is -2.10. The molecule has 0 aliphatic carbocycles. The Morgan fingerprint density at radius 3 is 2.00 bits per heavy atom. The minimum absolute atomic E-state index is 0.0271. The van der Waals surface area contributed by atoms with Crippen LogP contribution < -0.4 is 0 Å². The van der Waals surface area contributed by atoms with Gasteiger partial charge in [-0.25, -0.2) is 15.0 Å². The topological polar surface area (TPSA) is 56.7 Å². The molecule has 0 aliphatic heterocycles. The van der Waals surface area contributed by atoms with E-state index in [0.717, 1.165) is 22.5 Å². The summed E-state index contributed by atoms with van der Waals surface area (Å²) in [6.45, 7) is 0. The Morgan fingerprint density at radius 1 is 0.549 bits per heavy atom. The molecule has 11 rings (SSSR count). The molecule has 0 aliphatic rings. The first-order chi connectivity index (χ1) is 29.5. The fourth-order valence-electron chi connectivity index (χ4n) is 6.93. The Bertz CT molecular complexity index is 3660. The van der Waals surface area contributed by atoms with Crippen LogP contribution in [0, 0.1) is 0 Å². The van der Waals surface area contributed by atoms with Crippen molar-refractivity contribution >= 4 is 75.3 Å². The van der Waals surface area contributed by atoms with Crippen molar-refractivity contribution in [2.75, 3.05) is 0 Å². The lowest BCUT2D eigenvalue weighted by molar-refractivity contribution is 0.666. The van der Waals surface area contributed by atoms with E-state index in [-0.39, 0.29) is 67.5 Å². The van der Waals surface area contributed by atoms with E-state index >= 15 is 0 Å². The van der Waals surface area contributed by atoms with Crippen LogP contribution in [-0.4, -0.2) is 19.5 Å². The maximum absolute atomic E-state index is 9.40. The van der Waals surface area contributed by atoms with Gasteiger partial charge in [0.1, 0.15) is 5.58 Å². The summed E-state index contributed by atoms with van der Waals surface area (Å²) in [5.74, 6) is 1.35. The summed E-state index contributed by atoms with van der Waals surface area (Å²) in [6.07, 6.45) is 0. The molecule has 0 saturated carbocycles. The van der Waals surface area contributed by atoms with E-state index in [2.05, 4.69) is 0 Å². The molecular weight excluding hydrogens is 645 g/mol. The molecule has 5 nitrogen and oxygen atoms in total. The molecule has 4 aromatic heterocycles. The smallest absolute Gasteiger partial charge is 0.164 e. The van der Waals surface area contributed by atoms with Crippen LogP contribution in [0.5, 0.6) is 0 Å². The molecule has 0 bridgehead atoms. The molecule has 0 saturated heterocycles. The third-order valence-corrected chi connectivity index (χ3v) is 10.3. The van der Waals surface area contributed by atoms with E-state index in [0.29, 0.717) is 55.4 Å². The van der Waals surface area contributed by atoms with E-state index < -0.39 is 30.2 Å². The summed E-state index contributed by atoms with van der Waals surface area (Å²) in [5, 5.41) is 1.65. The lowest BCUT2D eigenvalue weighted by Crippen LogP contribution is -2.00. The average Bonchev–Trinajstić information content (AvgIpc) is 3.99. The van der Waals surface area contributed by atoms with Crippen molar-refractivity contribution in [2.24, 2.45) is 0 Å². The molecule has 7 aromatic carbocycles. The molecule has 0 fully saturated rings. The highest BCUT2D eigenvalue weighted by Gasteiger charge is 2.23. The van der Waals surface area contributed by atoms with Crippen molar-refractivity contribution < 1.29 is 18.1 Å². The zero-order valence-corrected chi connectivity index (χ0v) is 27.2. The number of fused-ring (bicyclic) bond motifs is 10.